The molecule has 0 radical (unpaired) electrons. The van der Waals surface area contributed by atoms with E-state index >= 15 is 0 Å². The van der Waals surface area contributed by atoms with Gasteiger partial charge in [0.15, 0.2) is 0 Å². The fourth-order valence-electron chi connectivity index (χ4n) is 3.62. The largest absolute Gasteiger partial charge is 0.459 e. The Morgan fingerprint density at radius 1 is 1.36 bits per heavy atom. The van der Waals surface area contributed by atoms with Gasteiger partial charge in [-0.05, 0) is 43.2 Å². The maximum absolute atomic E-state index is 13.4. The van der Waals surface area contributed by atoms with Crippen molar-refractivity contribution in [3.8, 4) is 0 Å². The summed E-state index contributed by atoms with van der Waals surface area (Å²) in [5, 5.41) is 8.55. The first-order valence-corrected chi connectivity index (χ1v) is 8.61. The van der Waals surface area contributed by atoms with E-state index in [9.17, 15) is 4.39 Å². The first-order chi connectivity index (χ1) is 12.1. The van der Waals surface area contributed by atoms with Crippen LogP contribution in [0.25, 0.3) is 11.0 Å². The molecule has 1 aliphatic rings. The summed E-state index contributed by atoms with van der Waals surface area (Å²) in [4.78, 5) is 0. The minimum atomic E-state index is -0.238. The van der Waals surface area contributed by atoms with Crippen LogP contribution in [-0.2, 0) is 18.3 Å². The van der Waals surface area contributed by atoms with E-state index in [1.54, 1.807) is 12.3 Å². The Morgan fingerprint density at radius 2 is 2.24 bits per heavy atom. The van der Waals surface area contributed by atoms with Crippen LogP contribution in [0, 0.1) is 18.7 Å². The third-order valence-corrected chi connectivity index (χ3v) is 5.05. The zero-order chi connectivity index (χ0) is 17.4. The molecule has 5 nitrogen and oxygen atoms in total. The second-order valence-electron chi connectivity index (χ2n) is 6.64. The van der Waals surface area contributed by atoms with Gasteiger partial charge in [0.05, 0.1) is 12.2 Å². The Morgan fingerprint density at radius 3 is 3.04 bits per heavy atom. The molecule has 2 atom stereocenters. The number of halogens is 1. The van der Waals surface area contributed by atoms with Gasteiger partial charge in [-0.25, -0.2) is 4.39 Å². The number of nitrogens with one attached hydrogen (secondary N) is 1. The molecule has 3 heterocycles. The minimum absolute atomic E-state index is 0.0749. The van der Waals surface area contributed by atoms with E-state index in [0.717, 1.165) is 47.6 Å². The summed E-state index contributed by atoms with van der Waals surface area (Å²) in [6.45, 7) is 4.20. The highest BCUT2D eigenvalue weighted by Gasteiger charge is 2.31. The lowest BCUT2D eigenvalue weighted by Crippen LogP contribution is -2.25. The van der Waals surface area contributed by atoms with Crippen LogP contribution >= 0.6 is 0 Å². The average Bonchev–Trinajstić information content (AvgIpc) is 3.29. The molecule has 1 aromatic carbocycles. The average molecular weight is 343 g/mol. The van der Waals surface area contributed by atoms with Crippen LogP contribution in [0.1, 0.15) is 29.5 Å². The van der Waals surface area contributed by atoms with Gasteiger partial charge in [-0.2, -0.15) is 5.10 Å². The van der Waals surface area contributed by atoms with Crippen molar-refractivity contribution in [3.05, 3.63) is 53.3 Å². The monoisotopic (exact) mass is 343 g/mol. The smallest absolute Gasteiger partial charge is 0.134 e. The van der Waals surface area contributed by atoms with Crippen LogP contribution in [0.3, 0.4) is 0 Å². The fourth-order valence-corrected chi connectivity index (χ4v) is 3.62. The Labute approximate surface area is 145 Å². The zero-order valence-corrected chi connectivity index (χ0v) is 14.5. The zero-order valence-electron chi connectivity index (χ0n) is 14.5. The SMILES string of the molecule is Cc1c(CNC[C@@H]2CCO[C@H]2c2ccnn2C)oc2ccc(F)cc12. The van der Waals surface area contributed by atoms with Crippen molar-refractivity contribution in [1.29, 1.82) is 0 Å². The van der Waals surface area contributed by atoms with Gasteiger partial charge in [0.25, 0.3) is 0 Å². The molecule has 0 aliphatic carbocycles. The van der Waals surface area contributed by atoms with Crippen LogP contribution in [0.15, 0.2) is 34.9 Å². The summed E-state index contributed by atoms with van der Waals surface area (Å²) < 4.78 is 27.1. The predicted octanol–water partition coefficient (Wildman–Crippen LogP) is 3.48. The lowest BCUT2D eigenvalue weighted by Gasteiger charge is -2.19. The molecule has 132 valence electrons. The second-order valence-corrected chi connectivity index (χ2v) is 6.64. The number of nitrogens with zero attached hydrogens (tertiary/aromatic N) is 2. The molecule has 2 aromatic heterocycles. The van der Waals surface area contributed by atoms with E-state index in [1.807, 2.05) is 24.7 Å². The number of hydrogen-bond donors (Lipinski definition) is 1. The van der Waals surface area contributed by atoms with Gasteiger partial charge in [-0.3, -0.25) is 4.68 Å². The fraction of sp³-hybridized carbons (Fsp3) is 0.421. The van der Waals surface area contributed by atoms with Gasteiger partial charge in [0.1, 0.15) is 23.3 Å². The Kier molecular flexibility index (Phi) is 4.31. The molecule has 1 N–H and O–H groups in total. The molecular weight excluding hydrogens is 321 g/mol. The highest BCUT2D eigenvalue weighted by atomic mass is 19.1. The Balaban J connectivity index is 1.42. The molecule has 0 bridgehead atoms. The van der Waals surface area contributed by atoms with Crippen molar-refractivity contribution in [2.24, 2.45) is 13.0 Å². The van der Waals surface area contributed by atoms with E-state index in [0.29, 0.717) is 12.5 Å². The third kappa shape index (κ3) is 3.07. The Hall–Kier alpha value is -2.18. The van der Waals surface area contributed by atoms with Gasteiger partial charge >= 0.3 is 0 Å². The van der Waals surface area contributed by atoms with E-state index in [-0.39, 0.29) is 11.9 Å². The second kappa shape index (κ2) is 6.61. The molecule has 1 saturated heterocycles. The van der Waals surface area contributed by atoms with Gasteiger partial charge in [0, 0.05) is 37.7 Å². The summed E-state index contributed by atoms with van der Waals surface area (Å²) in [6.07, 6.45) is 2.90. The van der Waals surface area contributed by atoms with E-state index < -0.39 is 0 Å². The maximum Gasteiger partial charge on any atom is 0.134 e. The van der Waals surface area contributed by atoms with Gasteiger partial charge in [0.2, 0.25) is 0 Å². The van der Waals surface area contributed by atoms with Gasteiger partial charge in [-0.1, -0.05) is 0 Å². The molecule has 0 unspecified atom stereocenters. The van der Waals surface area contributed by atoms with Gasteiger partial charge in [-0.15, -0.1) is 0 Å². The topological polar surface area (TPSA) is 52.2 Å². The van der Waals surface area contributed by atoms with Crippen LogP contribution in [0.2, 0.25) is 0 Å². The molecule has 25 heavy (non-hydrogen) atoms. The van der Waals surface area contributed by atoms with Crippen molar-refractivity contribution in [1.82, 2.24) is 15.1 Å². The molecule has 6 heteroatoms. The van der Waals surface area contributed by atoms with Crippen LogP contribution in [0.4, 0.5) is 4.39 Å². The van der Waals surface area contributed by atoms with Gasteiger partial charge < -0.3 is 14.5 Å². The molecular formula is C19H22FN3O2. The number of furan rings is 1. The summed E-state index contributed by atoms with van der Waals surface area (Å²) in [6, 6.07) is 6.66. The van der Waals surface area contributed by atoms with E-state index in [2.05, 4.69) is 10.4 Å². The van der Waals surface area contributed by atoms with E-state index in [1.165, 1.54) is 12.1 Å². The molecule has 1 fully saturated rings. The standard InChI is InChI=1S/C19H22FN3O2/c1-12-15-9-14(20)3-4-17(15)25-18(12)11-21-10-13-6-8-24-19(13)16-5-7-22-23(16)2/h3-5,7,9,13,19,21H,6,8,10-11H2,1-2H3/t13-,19+/m0/s1. The Bertz CT molecular complexity index is 886. The summed E-state index contributed by atoms with van der Waals surface area (Å²) in [5.74, 6) is 1.02. The van der Waals surface area contributed by atoms with Crippen molar-refractivity contribution in [2.45, 2.75) is 26.0 Å². The van der Waals surface area contributed by atoms with Crippen LogP contribution < -0.4 is 5.32 Å². The van der Waals surface area contributed by atoms with Crippen LogP contribution in [0.5, 0.6) is 0 Å². The predicted molar refractivity (Wildman–Crippen MR) is 92.6 cm³/mol. The number of benzene rings is 1. The third-order valence-electron chi connectivity index (χ3n) is 5.05. The summed E-state index contributed by atoms with van der Waals surface area (Å²) in [7, 11) is 1.94. The molecule has 4 rings (SSSR count). The molecule has 3 aromatic rings. The minimum Gasteiger partial charge on any atom is -0.459 e. The number of hydrogen-bond acceptors (Lipinski definition) is 4. The summed E-state index contributed by atoms with van der Waals surface area (Å²) >= 11 is 0. The number of aryl methyl sites for hydroxylation is 2. The maximum atomic E-state index is 13.4. The number of aromatic nitrogens is 2. The van der Waals surface area contributed by atoms with Crippen molar-refractivity contribution >= 4 is 11.0 Å². The quantitative estimate of drug-likeness (QED) is 0.771. The van der Waals surface area contributed by atoms with E-state index in [4.69, 9.17) is 9.15 Å². The molecule has 1 aliphatic heterocycles. The van der Waals surface area contributed by atoms with Crippen molar-refractivity contribution in [2.75, 3.05) is 13.2 Å². The first-order valence-electron chi connectivity index (χ1n) is 8.61. The number of fused-ring (bicyclic) bond motifs is 1. The molecule has 0 amide bonds. The first kappa shape index (κ1) is 16.3. The number of rotatable bonds is 5. The summed E-state index contributed by atoms with van der Waals surface area (Å²) in [5.41, 5.74) is 2.83. The lowest BCUT2D eigenvalue weighted by atomic mass is 9.99. The highest BCUT2D eigenvalue weighted by molar-refractivity contribution is 5.82. The highest BCUT2D eigenvalue weighted by Crippen LogP contribution is 2.34. The molecule has 0 saturated carbocycles. The lowest BCUT2D eigenvalue weighted by molar-refractivity contribution is 0.0837. The van der Waals surface area contributed by atoms with Crippen LogP contribution in [-0.4, -0.2) is 22.9 Å². The van der Waals surface area contributed by atoms with Crippen molar-refractivity contribution < 1.29 is 13.5 Å². The normalized spacial score (nSPS) is 20.6. The van der Waals surface area contributed by atoms with Crippen molar-refractivity contribution in [3.63, 3.8) is 0 Å². The number of ether oxygens (including phenoxy) is 1. The molecule has 0 spiro atoms.